The van der Waals surface area contributed by atoms with Crippen LogP contribution in [0, 0.1) is 0 Å². The maximum atomic E-state index is 6.09. The van der Waals surface area contributed by atoms with E-state index in [4.69, 9.17) is 11.5 Å². The summed E-state index contributed by atoms with van der Waals surface area (Å²) in [5.74, 6) is 0. The van der Waals surface area contributed by atoms with E-state index in [0.29, 0.717) is 0 Å². The first-order chi connectivity index (χ1) is 7.27. The summed E-state index contributed by atoms with van der Waals surface area (Å²) < 4.78 is 0. The maximum absolute atomic E-state index is 6.09. The Labute approximate surface area is 92.7 Å². The summed E-state index contributed by atoms with van der Waals surface area (Å²) in [6.07, 6.45) is 4.30. The van der Waals surface area contributed by atoms with Gasteiger partial charge < -0.3 is 11.5 Å². The Morgan fingerprint density at radius 3 is 2.33 bits per heavy atom. The van der Waals surface area contributed by atoms with Crippen LogP contribution in [0.25, 0.3) is 0 Å². The zero-order chi connectivity index (χ0) is 11.1. The number of hydrogen-bond acceptors (Lipinski definition) is 2. The molecule has 0 unspecified atom stereocenters. The van der Waals surface area contributed by atoms with Gasteiger partial charge in [0.05, 0.1) is 0 Å². The lowest BCUT2D eigenvalue weighted by molar-refractivity contribution is 0.591. The molecule has 0 spiro atoms. The van der Waals surface area contributed by atoms with Crippen molar-refractivity contribution in [1.29, 1.82) is 0 Å². The van der Waals surface area contributed by atoms with Crippen LogP contribution in [0.3, 0.4) is 0 Å². The first kappa shape index (κ1) is 12.2. The Morgan fingerprint density at radius 1 is 1.13 bits per heavy atom. The van der Waals surface area contributed by atoms with Crippen LogP contribution in [0.1, 0.15) is 43.4 Å². The normalized spacial score (nSPS) is 12.7. The molecule has 0 saturated heterocycles. The van der Waals surface area contributed by atoms with Crippen LogP contribution >= 0.6 is 0 Å². The zero-order valence-corrected chi connectivity index (χ0v) is 9.58. The molecule has 0 aliphatic heterocycles. The third-order valence-electron chi connectivity index (χ3n) is 2.79. The van der Waals surface area contributed by atoms with Gasteiger partial charge in [-0.05, 0) is 36.9 Å². The van der Waals surface area contributed by atoms with E-state index in [1.54, 1.807) is 0 Å². The second-order valence-electron chi connectivity index (χ2n) is 3.99. The Bertz CT molecular complexity index is 266. The highest BCUT2D eigenvalue weighted by molar-refractivity contribution is 5.24. The number of nitrogens with two attached hydrogens (primary N) is 2. The lowest BCUT2D eigenvalue weighted by atomic mass is 10.00. The number of unbranched alkanes of at least 4 members (excludes halogenated alkanes) is 1. The van der Waals surface area contributed by atoms with Crippen LogP contribution in [0.5, 0.6) is 0 Å². The van der Waals surface area contributed by atoms with Crippen LogP contribution in [0.2, 0.25) is 0 Å². The highest BCUT2D eigenvalue weighted by Crippen LogP contribution is 2.17. The monoisotopic (exact) mass is 206 g/mol. The van der Waals surface area contributed by atoms with Crippen LogP contribution in [-0.2, 0) is 6.42 Å². The number of aryl methyl sites for hydroxylation is 1. The number of rotatable bonds is 6. The van der Waals surface area contributed by atoms with Gasteiger partial charge in [0.1, 0.15) is 0 Å². The minimum absolute atomic E-state index is 0.169. The SMILES string of the molecule is CCc1ccc([C@@H](N)CCCCN)cc1. The van der Waals surface area contributed by atoms with Crippen molar-refractivity contribution in [1.82, 2.24) is 0 Å². The molecule has 0 saturated carbocycles. The van der Waals surface area contributed by atoms with Crippen LogP contribution in [0.4, 0.5) is 0 Å². The van der Waals surface area contributed by atoms with Gasteiger partial charge in [0.15, 0.2) is 0 Å². The largest absolute Gasteiger partial charge is 0.330 e. The third kappa shape index (κ3) is 4.02. The van der Waals surface area contributed by atoms with Gasteiger partial charge in [-0.3, -0.25) is 0 Å². The Hall–Kier alpha value is -0.860. The average molecular weight is 206 g/mol. The first-order valence-electron chi connectivity index (χ1n) is 5.82. The smallest absolute Gasteiger partial charge is 0.0294 e. The lowest BCUT2D eigenvalue weighted by Crippen LogP contribution is -2.11. The van der Waals surface area contributed by atoms with Crippen molar-refractivity contribution >= 4 is 0 Å². The molecule has 0 amide bonds. The van der Waals surface area contributed by atoms with Gasteiger partial charge in [-0.1, -0.05) is 37.6 Å². The van der Waals surface area contributed by atoms with Gasteiger partial charge in [0, 0.05) is 6.04 Å². The molecular weight excluding hydrogens is 184 g/mol. The summed E-state index contributed by atoms with van der Waals surface area (Å²) in [5, 5.41) is 0. The lowest BCUT2D eigenvalue weighted by Gasteiger charge is -2.12. The molecule has 2 heteroatoms. The zero-order valence-electron chi connectivity index (χ0n) is 9.58. The molecule has 0 aromatic heterocycles. The molecular formula is C13H22N2. The summed E-state index contributed by atoms with van der Waals surface area (Å²) in [6, 6.07) is 8.79. The molecule has 0 fully saturated rings. The predicted octanol–water partition coefficient (Wildman–Crippen LogP) is 2.38. The van der Waals surface area contributed by atoms with Gasteiger partial charge in [0.25, 0.3) is 0 Å². The van der Waals surface area contributed by atoms with Crippen molar-refractivity contribution in [2.45, 2.75) is 38.6 Å². The summed E-state index contributed by atoms with van der Waals surface area (Å²) in [6.45, 7) is 2.93. The number of hydrogen-bond donors (Lipinski definition) is 2. The molecule has 0 heterocycles. The first-order valence-corrected chi connectivity index (χ1v) is 5.82. The summed E-state index contributed by atoms with van der Waals surface area (Å²) in [7, 11) is 0. The van der Waals surface area contributed by atoms with Crippen LogP contribution in [0.15, 0.2) is 24.3 Å². The van der Waals surface area contributed by atoms with Crippen molar-refractivity contribution in [3.05, 3.63) is 35.4 Å². The summed E-state index contributed by atoms with van der Waals surface area (Å²) in [4.78, 5) is 0. The van der Waals surface area contributed by atoms with Gasteiger partial charge in [-0.2, -0.15) is 0 Å². The van der Waals surface area contributed by atoms with E-state index in [1.165, 1.54) is 11.1 Å². The molecule has 0 aliphatic rings. The van der Waals surface area contributed by atoms with Crippen molar-refractivity contribution in [3.8, 4) is 0 Å². The Morgan fingerprint density at radius 2 is 1.80 bits per heavy atom. The average Bonchev–Trinajstić information content (AvgIpc) is 2.29. The maximum Gasteiger partial charge on any atom is 0.0294 e. The standard InChI is InChI=1S/C13H22N2/c1-2-11-6-8-12(9-7-11)13(15)5-3-4-10-14/h6-9,13H,2-5,10,14-15H2,1H3/t13-/m0/s1. The molecule has 0 aliphatic carbocycles. The van der Waals surface area contributed by atoms with Crippen molar-refractivity contribution in [2.24, 2.45) is 11.5 Å². The van der Waals surface area contributed by atoms with E-state index in [1.807, 2.05) is 0 Å². The predicted molar refractivity (Wildman–Crippen MR) is 65.7 cm³/mol. The quantitative estimate of drug-likeness (QED) is 0.702. The van der Waals surface area contributed by atoms with E-state index in [-0.39, 0.29) is 6.04 Å². The fraction of sp³-hybridized carbons (Fsp3) is 0.538. The minimum Gasteiger partial charge on any atom is -0.330 e. The molecule has 1 atom stereocenters. The van der Waals surface area contributed by atoms with Crippen molar-refractivity contribution in [3.63, 3.8) is 0 Å². The van der Waals surface area contributed by atoms with E-state index in [0.717, 1.165) is 32.2 Å². The molecule has 1 aromatic rings. The van der Waals surface area contributed by atoms with E-state index >= 15 is 0 Å². The summed E-state index contributed by atoms with van der Waals surface area (Å²) >= 11 is 0. The van der Waals surface area contributed by atoms with Gasteiger partial charge in [-0.15, -0.1) is 0 Å². The Kier molecular flexibility index (Phi) is 5.37. The minimum atomic E-state index is 0.169. The Balaban J connectivity index is 2.46. The van der Waals surface area contributed by atoms with Gasteiger partial charge in [-0.25, -0.2) is 0 Å². The van der Waals surface area contributed by atoms with Crippen LogP contribution < -0.4 is 11.5 Å². The number of benzene rings is 1. The van der Waals surface area contributed by atoms with E-state index in [2.05, 4.69) is 31.2 Å². The van der Waals surface area contributed by atoms with Gasteiger partial charge in [0.2, 0.25) is 0 Å². The second-order valence-corrected chi connectivity index (χ2v) is 3.99. The molecule has 2 nitrogen and oxygen atoms in total. The highest BCUT2D eigenvalue weighted by Gasteiger charge is 2.04. The van der Waals surface area contributed by atoms with Crippen LogP contribution in [-0.4, -0.2) is 6.54 Å². The van der Waals surface area contributed by atoms with E-state index in [9.17, 15) is 0 Å². The highest BCUT2D eigenvalue weighted by atomic mass is 14.6. The third-order valence-corrected chi connectivity index (χ3v) is 2.79. The topological polar surface area (TPSA) is 52.0 Å². The fourth-order valence-electron chi connectivity index (χ4n) is 1.68. The van der Waals surface area contributed by atoms with Crippen molar-refractivity contribution < 1.29 is 0 Å². The van der Waals surface area contributed by atoms with E-state index < -0.39 is 0 Å². The van der Waals surface area contributed by atoms with Gasteiger partial charge >= 0.3 is 0 Å². The molecule has 1 rings (SSSR count). The molecule has 15 heavy (non-hydrogen) atoms. The van der Waals surface area contributed by atoms with Crippen molar-refractivity contribution in [2.75, 3.05) is 6.54 Å². The fourth-order valence-corrected chi connectivity index (χ4v) is 1.68. The molecule has 84 valence electrons. The molecule has 0 radical (unpaired) electrons. The second kappa shape index (κ2) is 6.59. The molecule has 0 bridgehead atoms. The molecule has 4 N–H and O–H groups in total. The molecule has 1 aromatic carbocycles. The summed E-state index contributed by atoms with van der Waals surface area (Å²) in [5.41, 5.74) is 14.1.